The molecule has 0 spiro atoms. The van der Waals surface area contributed by atoms with Crippen molar-refractivity contribution in [2.24, 2.45) is 5.73 Å². The van der Waals surface area contributed by atoms with E-state index in [-0.39, 0.29) is 6.04 Å². The Morgan fingerprint density at radius 1 is 1.35 bits per heavy atom. The van der Waals surface area contributed by atoms with Crippen molar-refractivity contribution < 1.29 is 4.42 Å². The van der Waals surface area contributed by atoms with Crippen LogP contribution in [0.15, 0.2) is 16.5 Å². The Bertz CT molecular complexity index is 400. The van der Waals surface area contributed by atoms with Crippen molar-refractivity contribution in [2.75, 3.05) is 32.7 Å². The summed E-state index contributed by atoms with van der Waals surface area (Å²) >= 11 is 0. The number of hydrogen-bond acceptors (Lipinski definition) is 4. The van der Waals surface area contributed by atoms with Gasteiger partial charge in [-0.3, -0.25) is 9.80 Å². The molecule has 1 saturated heterocycles. The van der Waals surface area contributed by atoms with Crippen LogP contribution >= 0.6 is 0 Å². The number of likely N-dealkylation sites (N-methyl/N-ethyl adjacent to an activating group) is 1. The van der Waals surface area contributed by atoms with Gasteiger partial charge in [0, 0.05) is 32.1 Å². The van der Waals surface area contributed by atoms with Crippen molar-refractivity contribution in [1.82, 2.24) is 9.80 Å². The van der Waals surface area contributed by atoms with Gasteiger partial charge in [0.05, 0.1) is 6.04 Å². The molecule has 2 N–H and O–H groups in total. The zero-order chi connectivity index (χ0) is 14.5. The molecule has 2 unspecified atom stereocenters. The Morgan fingerprint density at radius 3 is 2.65 bits per heavy atom. The number of nitrogens with zero attached hydrogens (tertiary/aromatic N) is 2. The van der Waals surface area contributed by atoms with E-state index in [1.54, 1.807) is 0 Å². The Morgan fingerprint density at radius 2 is 2.10 bits per heavy atom. The highest BCUT2D eigenvalue weighted by atomic mass is 16.3. The summed E-state index contributed by atoms with van der Waals surface area (Å²) in [7, 11) is 0. The Balaban J connectivity index is 2.02. The van der Waals surface area contributed by atoms with Crippen LogP contribution in [0.1, 0.15) is 44.8 Å². The Kier molecular flexibility index (Phi) is 5.64. The lowest BCUT2D eigenvalue weighted by Gasteiger charge is -2.28. The normalized spacial score (nSPS) is 21.8. The van der Waals surface area contributed by atoms with E-state index in [0.717, 1.165) is 44.1 Å². The highest BCUT2D eigenvalue weighted by molar-refractivity contribution is 5.12. The molecule has 20 heavy (non-hydrogen) atoms. The Labute approximate surface area is 122 Å². The molecular formula is C16H29N3O. The summed E-state index contributed by atoms with van der Waals surface area (Å²) in [6.45, 7) is 11.7. The molecule has 1 aliphatic rings. The van der Waals surface area contributed by atoms with Crippen LogP contribution < -0.4 is 5.73 Å². The van der Waals surface area contributed by atoms with Crippen LogP contribution in [-0.4, -0.2) is 48.6 Å². The molecule has 1 aliphatic heterocycles. The number of likely N-dealkylation sites (tertiary alicyclic amines) is 1. The molecule has 0 amide bonds. The molecule has 1 aromatic rings. The maximum absolute atomic E-state index is 6.01. The van der Waals surface area contributed by atoms with Gasteiger partial charge in [-0.1, -0.05) is 20.8 Å². The van der Waals surface area contributed by atoms with Gasteiger partial charge in [0.25, 0.3) is 0 Å². The van der Waals surface area contributed by atoms with E-state index in [9.17, 15) is 0 Å². The molecule has 0 radical (unpaired) electrons. The molecular weight excluding hydrogens is 250 g/mol. The van der Waals surface area contributed by atoms with Crippen molar-refractivity contribution in [3.8, 4) is 0 Å². The molecule has 4 heteroatoms. The lowest BCUT2D eigenvalue weighted by atomic mass is 10.2. The second-order valence-corrected chi connectivity index (χ2v) is 5.57. The fraction of sp³-hybridized carbons (Fsp3) is 0.750. The smallest absolute Gasteiger partial charge is 0.122 e. The summed E-state index contributed by atoms with van der Waals surface area (Å²) < 4.78 is 5.91. The minimum Gasteiger partial charge on any atom is -0.464 e. The number of rotatable bonds is 7. The summed E-state index contributed by atoms with van der Waals surface area (Å²) in [5.41, 5.74) is 6.01. The molecule has 1 aromatic heterocycles. The minimum absolute atomic E-state index is 0.232. The van der Waals surface area contributed by atoms with Crippen molar-refractivity contribution >= 4 is 0 Å². The maximum Gasteiger partial charge on any atom is 0.122 e. The molecule has 0 aromatic carbocycles. The van der Waals surface area contributed by atoms with E-state index in [2.05, 4.69) is 42.7 Å². The van der Waals surface area contributed by atoms with Gasteiger partial charge in [0.2, 0.25) is 0 Å². The second-order valence-electron chi connectivity index (χ2n) is 5.57. The van der Waals surface area contributed by atoms with Crippen molar-refractivity contribution in [1.29, 1.82) is 0 Å². The molecule has 2 atom stereocenters. The van der Waals surface area contributed by atoms with Crippen LogP contribution in [0.5, 0.6) is 0 Å². The summed E-state index contributed by atoms with van der Waals surface area (Å²) in [6, 6.07) is 5.08. The molecule has 0 aliphatic carbocycles. The standard InChI is InChI=1S/C16H29N3O/c1-4-14-7-8-16(20-14)15(11-17)19-10-9-13(12-19)18(5-2)6-3/h7-8,13,15H,4-6,9-12,17H2,1-3H3. The van der Waals surface area contributed by atoms with Crippen LogP contribution in [0.3, 0.4) is 0 Å². The van der Waals surface area contributed by atoms with Gasteiger partial charge >= 0.3 is 0 Å². The number of furan rings is 1. The fourth-order valence-electron chi connectivity index (χ4n) is 3.30. The quantitative estimate of drug-likeness (QED) is 0.831. The maximum atomic E-state index is 6.01. The summed E-state index contributed by atoms with van der Waals surface area (Å²) in [4.78, 5) is 5.04. The van der Waals surface area contributed by atoms with Gasteiger partial charge in [-0.2, -0.15) is 0 Å². The molecule has 2 rings (SSSR count). The molecule has 114 valence electrons. The highest BCUT2D eigenvalue weighted by Crippen LogP contribution is 2.27. The number of nitrogens with two attached hydrogens (primary N) is 1. The van der Waals surface area contributed by atoms with E-state index < -0.39 is 0 Å². The minimum atomic E-state index is 0.232. The summed E-state index contributed by atoms with van der Waals surface area (Å²) in [5.74, 6) is 2.09. The van der Waals surface area contributed by atoms with Crippen molar-refractivity contribution in [3.05, 3.63) is 23.7 Å². The van der Waals surface area contributed by atoms with Gasteiger partial charge in [-0.15, -0.1) is 0 Å². The van der Waals surface area contributed by atoms with Crippen molar-refractivity contribution in [2.45, 2.75) is 45.7 Å². The van der Waals surface area contributed by atoms with Crippen LogP contribution in [0.4, 0.5) is 0 Å². The number of aryl methyl sites for hydroxylation is 1. The van der Waals surface area contributed by atoms with Crippen molar-refractivity contribution in [3.63, 3.8) is 0 Å². The van der Waals surface area contributed by atoms with E-state index in [4.69, 9.17) is 10.2 Å². The average molecular weight is 279 g/mol. The topological polar surface area (TPSA) is 45.6 Å². The Hall–Kier alpha value is -0.840. The summed E-state index contributed by atoms with van der Waals surface area (Å²) in [6.07, 6.45) is 2.18. The molecule has 1 fully saturated rings. The zero-order valence-electron chi connectivity index (χ0n) is 13.1. The third kappa shape index (κ3) is 3.25. The first-order valence-corrected chi connectivity index (χ1v) is 8.00. The average Bonchev–Trinajstić information content (AvgIpc) is 3.11. The van der Waals surface area contributed by atoms with Gasteiger partial charge < -0.3 is 10.2 Å². The van der Waals surface area contributed by atoms with E-state index >= 15 is 0 Å². The van der Waals surface area contributed by atoms with Crippen LogP contribution in [-0.2, 0) is 6.42 Å². The zero-order valence-corrected chi connectivity index (χ0v) is 13.1. The third-order valence-electron chi connectivity index (χ3n) is 4.55. The largest absolute Gasteiger partial charge is 0.464 e. The SMILES string of the molecule is CCc1ccc(C(CN)N2CCC(N(CC)CC)C2)o1. The summed E-state index contributed by atoms with van der Waals surface area (Å²) in [5, 5.41) is 0. The van der Waals surface area contributed by atoms with Gasteiger partial charge in [-0.05, 0) is 31.6 Å². The molecule has 4 nitrogen and oxygen atoms in total. The van der Waals surface area contributed by atoms with E-state index in [1.165, 1.54) is 6.42 Å². The molecule has 0 bridgehead atoms. The highest BCUT2D eigenvalue weighted by Gasteiger charge is 2.32. The number of hydrogen-bond donors (Lipinski definition) is 1. The van der Waals surface area contributed by atoms with Crippen LogP contribution in [0.2, 0.25) is 0 Å². The van der Waals surface area contributed by atoms with Gasteiger partial charge in [0.15, 0.2) is 0 Å². The fourth-order valence-corrected chi connectivity index (χ4v) is 3.30. The first kappa shape index (κ1) is 15.5. The molecule has 2 heterocycles. The lowest BCUT2D eigenvalue weighted by Crippen LogP contribution is -2.39. The third-order valence-corrected chi connectivity index (χ3v) is 4.55. The lowest BCUT2D eigenvalue weighted by molar-refractivity contribution is 0.177. The second kappa shape index (κ2) is 7.25. The van der Waals surface area contributed by atoms with Gasteiger partial charge in [0.1, 0.15) is 11.5 Å². The first-order valence-electron chi connectivity index (χ1n) is 8.00. The monoisotopic (exact) mass is 279 g/mol. The van der Waals surface area contributed by atoms with Gasteiger partial charge in [-0.25, -0.2) is 0 Å². The molecule has 0 saturated carbocycles. The predicted octanol–water partition coefficient (Wildman–Crippen LogP) is 2.26. The van der Waals surface area contributed by atoms with E-state index in [1.807, 2.05) is 0 Å². The van der Waals surface area contributed by atoms with Crippen LogP contribution in [0.25, 0.3) is 0 Å². The predicted molar refractivity (Wildman–Crippen MR) is 82.8 cm³/mol. The van der Waals surface area contributed by atoms with Crippen LogP contribution in [0, 0.1) is 0 Å². The first-order chi connectivity index (χ1) is 9.73. The van der Waals surface area contributed by atoms with E-state index in [0.29, 0.717) is 12.6 Å².